The molecule has 0 bridgehead atoms. The molecule has 48 heavy (non-hydrogen) atoms. The van der Waals surface area contributed by atoms with Crippen molar-refractivity contribution in [2.24, 2.45) is 5.10 Å². The Morgan fingerprint density at radius 2 is 1.88 bits per heavy atom. The molecule has 4 aromatic rings. The fourth-order valence-electron chi connectivity index (χ4n) is 6.11. The molecule has 3 aromatic carbocycles. The van der Waals surface area contributed by atoms with Crippen LogP contribution in [0, 0.1) is 0 Å². The van der Waals surface area contributed by atoms with Gasteiger partial charge in [0.2, 0.25) is 0 Å². The molecule has 0 amide bonds. The molecule has 15 heteroatoms. The van der Waals surface area contributed by atoms with Crippen LogP contribution in [-0.4, -0.2) is 72.0 Å². The van der Waals surface area contributed by atoms with Crippen molar-refractivity contribution in [2.45, 2.75) is 44.5 Å². The number of benzene rings is 3. The first-order valence-electron chi connectivity index (χ1n) is 15.2. The van der Waals surface area contributed by atoms with Crippen molar-refractivity contribution in [2.75, 3.05) is 38.8 Å². The zero-order valence-electron chi connectivity index (χ0n) is 26.3. The van der Waals surface area contributed by atoms with Crippen molar-refractivity contribution in [3.8, 4) is 23.0 Å². The van der Waals surface area contributed by atoms with Crippen molar-refractivity contribution in [3.63, 3.8) is 0 Å². The van der Waals surface area contributed by atoms with E-state index in [0.717, 1.165) is 18.6 Å². The highest BCUT2D eigenvalue weighted by Crippen LogP contribution is 2.51. The van der Waals surface area contributed by atoms with Gasteiger partial charge in [-0.05, 0) is 48.9 Å². The van der Waals surface area contributed by atoms with E-state index in [4.69, 9.17) is 28.7 Å². The molecule has 0 aliphatic carbocycles. The van der Waals surface area contributed by atoms with Gasteiger partial charge in [0.15, 0.2) is 11.5 Å². The number of hydrogen-bond acceptors (Lipinski definition) is 10. The maximum atomic E-state index is 13.4. The second kappa shape index (κ2) is 11.8. The summed E-state index contributed by atoms with van der Waals surface area (Å²) in [6.45, 7) is 4.18. The Kier molecular flexibility index (Phi) is 7.73. The van der Waals surface area contributed by atoms with E-state index >= 15 is 0 Å². The molecule has 7 rings (SSSR count). The maximum absolute atomic E-state index is 13.4. The van der Waals surface area contributed by atoms with Crippen LogP contribution in [0.3, 0.4) is 0 Å². The smallest absolute Gasteiger partial charge is 0.416 e. The van der Waals surface area contributed by atoms with Gasteiger partial charge in [0, 0.05) is 20.1 Å². The molecule has 1 aromatic heterocycles. The van der Waals surface area contributed by atoms with Gasteiger partial charge >= 0.3 is 12.1 Å². The number of carboxylic acid groups (broad SMARTS) is 1. The van der Waals surface area contributed by atoms with Crippen LogP contribution in [0.1, 0.15) is 40.7 Å². The molecular formula is C33H32F3N5O7. The molecule has 1 fully saturated rings. The van der Waals surface area contributed by atoms with Crippen LogP contribution in [0.15, 0.2) is 53.6 Å². The van der Waals surface area contributed by atoms with Crippen LogP contribution in [0.4, 0.5) is 18.9 Å². The summed E-state index contributed by atoms with van der Waals surface area (Å²) in [5, 5.41) is 16.2. The van der Waals surface area contributed by atoms with Crippen molar-refractivity contribution in [1.82, 2.24) is 14.6 Å². The highest BCUT2D eigenvalue weighted by molar-refractivity contribution is 5.95. The number of carboxylic acids is 1. The third-order valence-corrected chi connectivity index (χ3v) is 8.71. The first kappa shape index (κ1) is 31.4. The predicted molar refractivity (Wildman–Crippen MR) is 167 cm³/mol. The Bertz CT molecular complexity index is 1930. The summed E-state index contributed by atoms with van der Waals surface area (Å²) in [5.41, 5.74) is 1.44. The Hall–Kier alpha value is -5.18. The van der Waals surface area contributed by atoms with Gasteiger partial charge in [-0.2, -0.15) is 18.3 Å². The van der Waals surface area contributed by atoms with Gasteiger partial charge in [0.25, 0.3) is 5.79 Å². The lowest BCUT2D eigenvalue weighted by Gasteiger charge is -2.31. The average Bonchev–Trinajstić information content (AvgIpc) is 3.58. The summed E-state index contributed by atoms with van der Waals surface area (Å²) in [6.07, 6.45) is -1.97. The van der Waals surface area contributed by atoms with Crippen LogP contribution in [0.5, 0.6) is 23.0 Å². The third-order valence-electron chi connectivity index (χ3n) is 8.71. The highest BCUT2D eigenvalue weighted by atomic mass is 19.4. The molecule has 12 nitrogen and oxygen atoms in total. The molecule has 2 atom stereocenters. The summed E-state index contributed by atoms with van der Waals surface area (Å²) >= 11 is 0. The first-order chi connectivity index (χ1) is 23.0. The van der Waals surface area contributed by atoms with Crippen molar-refractivity contribution in [3.05, 3.63) is 71.0 Å². The molecule has 1 unspecified atom stereocenters. The van der Waals surface area contributed by atoms with Gasteiger partial charge in [-0.3, -0.25) is 5.01 Å². The number of aromatic nitrogens is 2. The van der Waals surface area contributed by atoms with E-state index < -0.39 is 23.5 Å². The minimum absolute atomic E-state index is 0.00315. The molecule has 3 aliphatic heterocycles. The number of rotatable bonds is 9. The topological polar surface area (TPSA) is 120 Å². The molecule has 0 spiro atoms. The lowest BCUT2D eigenvalue weighted by Crippen LogP contribution is -2.38. The minimum Gasteiger partial charge on any atom is -0.496 e. The monoisotopic (exact) mass is 667 g/mol. The van der Waals surface area contributed by atoms with Gasteiger partial charge in [-0.15, -0.1) is 0 Å². The van der Waals surface area contributed by atoms with E-state index in [9.17, 15) is 23.1 Å². The Morgan fingerprint density at radius 1 is 1.08 bits per heavy atom. The van der Waals surface area contributed by atoms with E-state index in [0.29, 0.717) is 78.1 Å². The Balaban J connectivity index is 1.13. The lowest BCUT2D eigenvalue weighted by molar-refractivity contribution is -0.137. The van der Waals surface area contributed by atoms with Crippen LogP contribution in [0.25, 0.3) is 11.0 Å². The van der Waals surface area contributed by atoms with Crippen LogP contribution >= 0.6 is 0 Å². The van der Waals surface area contributed by atoms with Crippen LogP contribution in [-0.2, 0) is 29.8 Å². The van der Waals surface area contributed by atoms with E-state index in [1.54, 1.807) is 31.5 Å². The maximum Gasteiger partial charge on any atom is 0.416 e. The molecular weight excluding hydrogens is 635 g/mol. The SMILES string of the molecule is COc1cc(C(F)(F)F)ccc1C1(C)Oc2cccc(N3C=NN(Cc4nc5c(OC)cc(C(=O)O)cc5n4C[C@@H]4CCO4)CC3)c2O1. The Morgan fingerprint density at radius 3 is 2.52 bits per heavy atom. The quantitative estimate of drug-likeness (QED) is 0.246. The van der Waals surface area contributed by atoms with Crippen LogP contribution < -0.4 is 23.8 Å². The summed E-state index contributed by atoms with van der Waals surface area (Å²) in [7, 11) is 2.78. The number of hydrazone groups is 1. The van der Waals surface area contributed by atoms with Crippen LogP contribution in [0.2, 0.25) is 0 Å². The summed E-state index contributed by atoms with van der Waals surface area (Å²) in [6, 6.07) is 11.7. The van der Waals surface area contributed by atoms with E-state index in [2.05, 4.69) is 5.10 Å². The Labute approximate surface area is 272 Å². The first-order valence-corrected chi connectivity index (χ1v) is 15.2. The number of halogens is 3. The summed E-state index contributed by atoms with van der Waals surface area (Å²) in [4.78, 5) is 18.6. The predicted octanol–water partition coefficient (Wildman–Crippen LogP) is 5.47. The van der Waals surface area contributed by atoms with Gasteiger partial charge in [-0.25, -0.2) is 9.78 Å². The zero-order valence-corrected chi connectivity index (χ0v) is 26.3. The largest absolute Gasteiger partial charge is 0.496 e. The second-order valence-corrected chi connectivity index (χ2v) is 11.8. The number of aromatic carboxylic acids is 1. The molecule has 1 saturated heterocycles. The fraction of sp³-hybridized carbons (Fsp3) is 0.364. The number of carbonyl (C=O) groups is 1. The number of alkyl halides is 3. The standard InChI is InChI=1S/C33H32F3N5O7/c1-32(22-8-7-20(33(34,35)36)15-26(22)44-2)47-25-6-4-5-23(30(25)48-32)39-10-11-40(37-18-39)17-28-38-29-24(41(28)16-21-9-12-46-21)13-19(31(42)43)14-27(29)45-3/h4-8,13-15,18,21H,9-12,16-17H2,1-3H3,(H,42,43)/t21-,32?/m0/s1. The normalized spacial score (nSPS) is 20.2. The lowest BCUT2D eigenvalue weighted by atomic mass is 10.0. The summed E-state index contributed by atoms with van der Waals surface area (Å²) in [5.74, 6) is -0.619. The number of anilines is 1. The molecule has 252 valence electrons. The molecule has 0 saturated carbocycles. The number of nitrogens with zero attached hydrogens (tertiary/aromatic N) is 5. The molecule has 3 aliphatic rings. The second-order valence-electron chi connectivity index (χ2n) is 11.8. The zero-order chi connectivity index (χ0) is 33.8. The fourth-order valence-corrected chi connectivity index (χ4v) is 6.11. The third kappa shape index (κ3) is 5.57. The van der Waals surface area contributed by atoms with E-state index in [1.807, 2.05) is 20.5 Å². The van der Waals surface area contributed by atoms with Gasteiger partial charge < -0.3 is 38.3 Å². The van der Waals surface area contributed by atoms with Crippen molar-refractivity contribution >= 4 is 29.0 Å². The van der Waals surface area contributed by atoms with E-state index in [1.165, 1.54) is 26.4 Å². The number of imidazole rings is 1. The van der Waals surface area contributed by atoms with Crippen molar-refractivity contribution in [1.29, 1.82) is 0 Å². The average molecular weight is 668 g/mol. The molecule has 4 heterocycles. The van der Waals surface area contributed by atoms with Gasteiger partial charge in [-0.1, -0.05) is 6.07 Å². The highest BCUT2D eigenvalue weighted by Gasteiger charge is 2.44. The number of para-hydroxylation sites is 1. The number of ether oxygens (including phenoxy) is 5. The number of methoxy groups -OCH3 is 2. The summed E-state index contributed by atoms with van der Waals surface area (Å²) < 4.78 is 71.1. The minimum atomic E-state index is -4.53. The number of fused-ring (bicyclic) bond motifs is 2. The van der Waals surface area contributed by atoms with Gasteiger partial charge in [0.05, 0.1) is 67.9 Å². The molecule has 0 radical (unpaired) electrons. The number of hydrogen-bond donors (Lipinski definition) is 1. The van der Waals surface area contributed by atoms with Crippen molar-refractivity contribution < 1.29 is 46.8 Å². The van der Waals surface area contributed by atoms with Gasteiger partial charge in [0.1, 0.15) is 29.2 Å². The van der Waals surface area contributed by atoms with E-state index in [-0.39, 0.29) is 17.4 Å². The molecule has 1 N–H and O–H groups in total.